The number of aliphatic carboxylic acids is 3. The van der Waals surface area contributed by atoms with Gasteiger partial charge in [-0.25, -0.2) is 12.7 Å². The number of fused-ring (bicyclic) bond motifs is 2. The molecule has 1 aliphatic heterocycles. The fourth-order valence-corrected chi connectivity index (χ4v) is 10.5. The van der Waals surface area contributed by atoms with E-state index in [1.54, 1.807) is 36.1 Å². The van der Waals surface area contributed by atoms with E-state index in [9.17, 15) is 55.9 Å². The number of nitrogens with zero attached hydrogens (tertiary/aromatic N) is 2. The van der Waals surface area contributed by atoms with E-state index in [1.165, 1.54) is 48.5 Å². The minimum atomic E-state index is -4.76. The highest BCUT2D eigenvalue weighted by molar-refractivity contribution is 7.89. The Hall–Kier alpha value is -4.90. The van der Waals surface area contributed by atoms with Gasteiger partial charge in [0.15, 0.2) is 0 Å². The van der Waals surface area contributed by atoms with Gasteiger partial charge >= 0.3 is 23.9 Å². The van der Waals surface area contributed by atoms with Crippen molar-refractivity contribution in [2.24, 2.45) is 0 Å². The number of carboxylic acids is 3. The molecule has 0 unspecified atom stereocenters. The number of carboxylic acid groups (broad SMARTS) is 3. The van der Waals surface area contributed by atoms with Crippen molar-refractivity contribution >= 4 is 69.2 Å². The molecule has 0 aromatic heterocycles. The highest BCUT2D eigenvalue weighted by atomic mass is 32.2. The third kappa shape index (κ3) is 10.9. The van der Waals surface area contributed by atoms with Crippen molar-refractivity contribution in [3.63, 3.8) is 0 Å². The average molecular weight is 835 g/mol. The molecule has 56 heavy (non-hydrogen) atoms. The monoisotopic (exact) mass is 834 g/mol. The molecule has 0 saturated heterocycles. The minimum Gasteiger partial charge on any atom is -0.481 e. The molecule has 3 aromatic carbocycles. The summed E-state index contributed by atoms with van der Waals surface area (Å²) in [6, 6.07) is 17.9. The maximum atomic E-state index is 15.5. The molecule has 0 atom stereocenters. The molecule has 1 aliphatic rings. The molecule has 0 bridgehead atoms. The number of ether oxygens (including phenoxy) is 1. The van der Waals surface area contributed by atoms with Crippen molar-refractivity contribution in [3.8, 4) is 0 Å². The normalized spacial score (nSPS) is 13.4. The first-order valence-corrected chi connectivity index (χ1v) is 22.5. The molecule has 1 amide bonds. The number of sulfonamides is 1. The number of benzene rings is 3. The van der Waals surface area contributed by atoms with E-state index in [-0.39, 0.29) is 78.1 Å². The Bertz CT molecular complexity index is 2100. The van der Waals surface area contributed by atoms with Crippen molar-refractivity contribution < 1.29 is 65.4 Å². The Labute approximate surface area is 325 Å². The van der Waals surface area contributed by atoms with Gasteiger partial charge < -0.3 is 25.0 Å². The van der Waals surface area contributed by atoms with Gasteiger partial charge in [0.2, 0.25) is 5.60 Å². The molecule has 0 aliphatic carbocycles. The number of carbonyl (C=O) groups is 5. The molecule has 16 nitrogen and oxygen atoms in total. The lowest BCUT2D eigenvalue weighted by molar-refractivity contribution is -0.168. The van der Waals surface area contributed by atoms with E-state index in [4.69, 9.17) is 4.74 Å². The molecule has 0 spiro atoms. The van der Waals surface area contributed by atoms with E-state index in [0.717, 1.165) is 0 Å². The Morgan fingerprint density at radius 1 is 0.714 bits per heavy atom. The van der Waals surface area contributed by atoms with Crippen LogP contribution in [0, 0.1) is 6.92 Å². The molecular weight excluding hydrogens is 792 g/mol. The van der Waals surface area contributed by atoms with Gasteiger partial charge in [-0.15, -0.1) is 7.92 Å². The maximum Gasteiger partial charge on any atom is 0.307 e. The number of hydrogen-bond donors (Lipinski definition) is 4. The first-order valence-electron chi connectivity index (χ1n) is 17.5. The van der Waals surface area contributed by atoms with Crippen LogP contribution in [-0.4, -0.2) is 108 Å². The molecule has 3 aromatic rings. The summed E-state index contributed by atoms with van der Waals surface area (Å²) >= 11 is 0. The fraction of sp³-hybridized carbons (Fsp3) is 0.378. The number of amides is 1. The summed E-state index contributed by atoms with van der Waals surface area (Å²) in [6.07, 6.45) is -1.55. The van der Waals surface area contributed by atoms with Gasteiger partial charge in [-0.1, -0.05) is 54.1 Å². The highest BCUT2D eigenvalue weighted by Crippen LogP contribution is 2.52. The molecule has 0 fully saturated rings. The third-order valence-electron chi connectivity index (χ3n) is 9.00. The van der Waals surface area contributed by atoms with Gasteiger partial charge in [0.1, 0.15) is 0 Å². The van der Waals surface area contributed by atoms with Crippen molar-refractivity contribution in [2.45, 2.75) is 55.9 Å². The number of anilines is 2. The van der Waals surface area contributed by atoms with Crippen LogP contribution in [0.1, 0.15) is 55.2 Å². The lowest BCUT2D eigenvalue weighted by atomic mass is 9.79. The molecular formula is C37H43N2O14PS2. The molecule has 0 saturated carbocycles. The van der Waals surface area contributed by atoms with Crippen LogP contribution < -0.4 is 4.90 Å². The topological polar surface area (TPSA) is 250 Å². The third-order valence-corrected chi connectivity index (χ3v) is 14.2. The second-order valence-electron chi connectivity index (χ2n) is 13.1. The van der Waals surface area contributed by atoms with E-state index < -0.39 is 88.6 Å². The lowest BCUT2D eigenvalue weighted by Crippen LogP contribution is -2.54. The lowest BCUT2D eigenvalue weighted by Gasteiger charge is -2.45. The quantitative estimate of drug-likeness (QED) is 0.0659. The summed E-state index contributed by atoms with van der Waals surface area (Å²) in [7, 11) is -10.4. The Balaban J connectivity index is 1.92. The van der Waals surface area contributed by atoms with Crippen molar-refractivity contribution in [1.29, 1.82) is 0 Å². The van der Waals surface area contributed by atoms with E-state index >= 15 is 4.79 Å². The zero-order valence-corrected chi connectivity index (χ0v) is 33.0. The van der Waals surface area contributed by atoms with Gasteiger partial charge in [-0.05, 0) is 62.5 Å². The highest BCUT2D eigenvalue weighted by Gasteiger charge is 2.56. The fourth-order valence-electron chi connectivity index (χ4n) is 6.35. The number of aryl methyl sites for hydroxylation is 1. The second-order valence-corrected chi connectivity index (χ2v) is 19.2. The van der Waals surface area contributed by atoms with Crippen LogP contribution in [0.25, 0.3) is 0 Å². The van der Waals surface area contributed by atoms with Gasteiger partial charge in [0.05, 0.1) is 10.6 Å². The predicted octanol–water partition coefficient (Wildman–Crippen LogP) is 4.41. The molecule has 4 rings (SSSR count). The molecule has 4 N–H and O–H groups in total. The zero-order valence-electron chi connectivity index (χ0n) is 30.4. The number of carbonyl (C=O) groups excluding carboxylic acids is 2. The van der Waals surface area contributed by atoms with Crippen molar-refractivity contribution in [3.05, 3.63) is 89.5 Å². The van der Waals surface area contributed by atoms with Crippen LogP contribution in [0.4, 0.5) is 11.4 Å². The number of hydrogen-bond acceptors (Lipinski definition) is 11. The van der Waals surface area contributed by atoms with Crippen LogP contribution in [0.15, 0.2) is 77.7 Å². The zero-order chi connectivity index (χ0) is 41.3. The van der Waals surface area contributed by atoms with Crippen molar-refractivity contribution in [1.82, 2.24) is 4.31 Å². The van der Waals surface area contributed by atoms with Crippen LogP contribution >= 0.6 is 7.92 Å². The number of para-hydroxylation sites is 2. The summed E-state index contributed by atoms with van der Waals surface area (Å²) in [6.45, 7) is 1.08. The predicted molar refractivity (Wildman–Crippen MR) is 205 cm³/mol. The van der Waals surface area contributed by atoms with Crippen LogP contribution in [0.5, 0.6) is 0 Å². The number of esters is 1. The molecule has 302 valence electrons. The van der Waals surface area contributed by atoms with Crippen molar-refractivity contribution in [2.75, 3.05) is 42.2 Å². The summed E-state index contributed by atoms with van der Waals surface area (Å²) < 4.78 is 68.4. The van der Waals surface area contributed by atoms with Gasteiger partial charge in [-0.3, -0.25) is 28.5 Å². The van der Waals surface area contributed by atoms with Crippen LogP contribution in [-0.2, 0) is 54.5 Å². The minimum absolute atomic E-state index is 0.00488. The van der Waals surface area contributed by atoms with Gasteiger partial charge in [0.25, 0.3) is 26.0 Å². The SMILES string of the molecule is Cc1ccc(S(=O)(=O)N(CCCC(=O)O)C(=O)C2(OC(=O)CCP(CCC(=O)O)CCC(=O)O)c3ccccc3N(CCCS(=O)(=O)O)c3ccccc32)cc1. The Kier molecular flexibility index (Phi) is 14.7. The summed E-state index contributed by atoms with van der Waals surface area (Å²) in [5.41, 5.74) is -1.32. The van der Waals surface area contributed by atoms with Gasteiger partial charge in [0, 0.05) is 61.3 Å². The summed E-state index contributed by atoms with van der Waals surface area (Å²) in [5, 5.41) is 28.0. The Morgan fingerprint density at radius 2 is 1.21 bits per heavy atom. The Morgan fingerprint density at radius 3 is 1.71 bits per heavy atom. The van der Waals surface area contributed by atoms with Crippen LogP contribution in [0.3, 0.4) is 0 Å². The first kappa shape index (κ1) is 43.8. The van der Waals surface area contributed by atoms with E-state index in [1.807, 2.05) is 0 Å². The van der Waals surface area contributed by atoms with E-state index in [0.29, 0.717) is 9.87 Å². The molecule has 0 radical (unpaired) electrons. The number of rotatable bonds is 21. The standard InChI is InChI=1S/C37H43N2O14PS2/c1-26-13-15-27(16-14-26)56(51,52)39(21-6-12-32(40)41)36(47)37(53-35(46)19-24-54(22-17-33(42)43)23-18-34(44)45)28-8-2-4-10-30(28)38(20-7-25-55(48,49)50)31-11-5-3-9-29(31)37/h2-5,8-11,13-16H,6-7,12,17-25H2,1H3,(H,40,41)(H,42,43)(H,44,45)(H,48,49,50). The first-order chi connectivity index (χ1) is 26.4. The average Bonchev–Trinajstić information content (AvgIpc) is 3.13. The summed E-state index contributed by atoms with van der Waals surface area (Å²) in [4.78, 5) is 65.2. The van der Waals surface area contributed by atoms with Crippen LogP contribution in [0.2, 0.25) is 0 Å². The largest absolute Gasteiger partial charge is 0.481 e. The summed E-state index contributed by atoms with van der Waals surface area (Å²) in [5.74, 6) is -6.29. The molecule has 1 heterocycles. The maximum absolute atomic E-state index is 15.5. The van der Waals surface area contributed by atoms with E-state index in [2.05, 4.69) is 0 Å². The van der Waals surface area contributed by atoms with Gasteiger partial charge in [-0.2, -0.15) is 8.42 Å². The molecule has 19 heteroatoms. The smallest absolute Gasteiger partial charge is 0.307 e. The second kappa shape index (κ2) is 18.8.